The monoisotopic (exact) mass is 163 g/mol. The van der Waals surface area contributed by atoms with Gasteiger partial charge in [-0.2, -0.15) is 0 Å². The van der Waals surface area contributed by atoms with E-state index in [0.29, 0.717) is 13.1 Å². The number of aldehydes is 1. The van der Waals surface area contributed by atoms with Gasteiger partial charge in [-0.15, -0.1) is 0 Å². The van der Waals surface area contributed by atoms with E-state index in [1.807, 2.05) is 0 Å². The second-order valence-corrected chi connectivity index (χ2v) is 2.82. The third-order valence-electron chi connectivity index (χ3n) is 1.92. The van der Waals surface area contributed by atoms with Crippen LogP contribution in [0, 0.1) is 0 Å². The average Bonchev–Trinajstić information content (AvgIpc) is 1.94. The van der Waals surface area contributed by atoms with Crippen molar-refractivity contribution in [3.05, 3.63) is 0 Å². The van der Waals surface area contributed by atoms with Gasteiger partial charge in [-0.25, -0.2) is 8.78 Å². The zero-order valence-corrected chi connectivity index (χ0v) is 6.22. The number of hydrogen-bond acceptors (Lipinski definition) is 2. The lowest BCUT2D eigenvalue weighted by Gasteiger charge is -2.30. The molecule has 2 nitrogen and oxygen atoms in total. The molecule has 0 aliphatic carbocycles. The summed E-state index contributed by atoms with van der Waals surface area (Å²) in [6.45, 7) is 0.966. The number of alkyl halides is 2. The molecular weight excluding hydrogens is 152 g/mol. The molecule has 0 radical (unpaired) electrons. The summed E-state index contributed by atoms with van der Waals surface area (Å²) in [5.74, 6) is -2.50. The lowest BCUT2D eigenvalue weighted by atomic mass is 10.1. The highest BCUT2D eigenvalue weighted by Gasteiger charge is 2.33. The standard InChI is InChI=1S/C7H11F2NO/c8-7(9)1-3-10(4-2-7)5-6-11/h6H,1-5H2. The fourth-order valence-corrected chi connectivity index (χ4v) is 1.17. The van der Waals surface area contributed by atoms with Gasteiger partial charge in [0.25, 0.3) is 5.92 Å². The van der Waals surface area contributed by atoms with Crippen LogP contribution in [-0.4, -0.2) is 36.7 Å². The molecule has 1 fully saturated rings. The number of carbonyl (C=O) groups excluding carboxylic acids is 1. The van der Waals surface area contributed by atoms with Gasteiger partial charge >= 0.3 is 0 Å². The van der Waals surface area contributed by atoms with Gasteiger partial charge in [-0.05, 0) is 0 Å². The van der Waals surface area contributed by atoms with Crippen LogP contribution < -0.4 is 0 Å². The van der Waals surface area contributed by atoms with E-state index in [2.05, 4.69) is 0 Å². The van der Waals surface area contributed by atoms with Gasteiger partial charge in [0.1, 0.15) is 6.29 Å². The molecule has 64 valence electrons. The summed E-state index contributed by atoms with van der Waals surface area (Å²) < 4.78 is 25.0. The van der Waals surface area contributed by atoms with E-state index in [1.54, 1.807) is 4.90 Å². The third-order valence-corrected chi connectivity index (χ3v) is 1.92. The van der Waals surface area contributed by atoms with Crippen molar-refractivity contribution in [1.29, 1.82) is 0 Å². The summed E-state index contributed by atoms with van der Waals surface area (Å²) in [6, 6.07) is 0. The van der Waals surface area contributed by atoms with Gasteiger partial charge in [-0.3, -0.25) is 4.90 Å². The SMILES string of the molecule is O=CCN1CCC(F)(F)CC1. The minimum absolute atomic E-state index is 0.110. The summed E-state index contributed by atoms with van der Waals surface area (Å²) in [4.78, 5) is 11.7. The summed E-state index contributed by atoms with van der Waals surface area (Å²) in [6.07, 6.45) is 0.533. The first-order chi connectivity index (χ1) is 5.14. The molecule has 0 amide bonds. The van der Waals surface area contributed by atoms with Crippen molar-refractivity contribution < 1.29 is 13.6 Å². The van der Waals surface area contributed by atoms with Crippen LogP contribution in [0.25, 0.3) is 0 Å². The predicted molar refractivity (Wildman–Crippen MR) is 36.7 cm³/mol. The van der Waals surface area contributed by atoms with Crippen molar-refractivity contribution in [2.45, 2.75) is 18.8 Å². The van der Waals surface area contributed by atoms with Crippen molar-refractivity contribution >= 4 is 6.29 Å². The number of rotatable bonds is 2. The van der Waals surface area contributed by atoms with Crippen molar-refractivity contribution in [3.63, 3.8) is 0 Å². The van der Waals surface area contributed by atoms with Crippen molar-refractivity contribution in [2.75, 3.05) is 19.6 Å². The Morgan fingerprint density at radius 2 is 1.91 bits per heavy atom. The Labute approximate surface area is 64.2 Å². The minimum atomic E-state index is -2.50. The van der Waals surface area contributed by atoms with Crippen LogP contribution in [0.3, 0.4) is 0 Å². The Balaban J connectivity index is 2.30. The number of piperidine rings is 1. The molecule has 4 heteroatoms. The number of carbonyl (C=O) groups is 1. The Kier molecular flexibility index (Phi) is 2.54. The molecular formula is C7H11F2NO. The minimum Gasteiger partial charge on any atom is -0.302 e. The van der Waals surface area contributed by atoms with Gasteiger partial charge in [0.2, 0.25) is 0 Å². The molecule has 0 aromatic heterocycles. The first kappa shape index (κ1) is 8.59. The highest BCUT2D eigenvalue weighted by atomic mass is 19.3. The van der Waals surface area contributed by atoms with Crippen LogP contribution in [0.1, 0.15) is 12.8 Å². The molecule has 1 heterocycles. The molecule has 11 heavy (non-hydrogen) atoms. The van der Waals surface area contributed by atoms with Crippen LogP contribution in [-0.2, 0) is 4.79 Å². The van der Waals surface area contributed by atoms with E-state index < -0.39 is 5.92 Å². The van der Waals surface area contributed by atoms with Gasteiger partial charge in [0, 0.05) is 25.9 Å². The zero-order valence-electron chi connectivity index (χ0n) is 6.22. The number of halogens is 2. The number of nitrogens with zero attached hydrogens (tertiary/aromatic N) is 1. The molecule has 0 saturated carbocycles. The molecule has 0 spiro atoms. The highest BCUT2D eigenvalue weighted by molar-refractivity contribution is 5.51. The van der Waals surface area contributed by atoms with E-state index in [0.717, 1.165) is 6.29 Å². The van der Waals surface area contributed by atoms with Gasteiger partial charge in [0.15, 0.2) is 0 Å². The molecule has 0 unspecified atom stereocenters. The molecule has 0 N–H and O–H groups in total. The number of hydrogen-bond donors (Lipinski definition) is 0. The first-order valence-electron chi connectivity index (χ1n) is 3.68. The molecule has 1 aliphatic rings. The second kappa shape index (κ2) is 3.26. The largest absolute Gasteiger partial charge is 0.302 e. The second-order valence-electron chi connectivity index (χ2n) is 2.82. The Morgan fingerprint density at radius 1 is 1.36 bits per heavy atom. The Hall–Kier alpha value is -0.510. The molecule has 0 aromatic rings. The van der Waals surface area contributed by atoms with Gasteiger partial charge < -0.3 is 4.79 Å². The lowest BCUT2D eigenvalue weighted by Crippen LogP contribution is -2.40. The zero-order chi connectivity index (χ0) is 8.32. The maximum Gasteiger partial charge on any atom is 0.250 e. The topological polar surface area (TPSA) is 20.3 Å². The van der Waals surface area contributed by atoms with E-state index in [4.69, 9.17) is 0 Å². The fourth-order valence-electron chi connectivity index (χ4n) is 1.17. The summed E-state index contributed by atoms with van der Waals surface area (Å²) in [7, 11) is 0. The molecule has 0 atom stereocenters. The average molecular weight is 163 g/mol. The van der Waals surface area contributed by atoms with Crippen molar-refractivity contribution in [1.82, 2.24) is 4.90 Å². The molecule has 1 aliphatic heterocycles. The lowest BCUT2D eigenvalue weighted by molar-refractivity contribution is -0.111. The molecule has 1 saturated heterocycles. The normalized spacial score (nSPS) is 24.9. The maximum atomic E-state index is 12.5. The molecule has 1 rings (SSSR count). The van der Waals surface area contributed by atoms with E-state index in [-0.39, 0.29) is 19.4 Å². The predicted octanol–water partition coefficient (Wildman–Crippen LogP) is 0.916. The van der Waals surface area contributed by atoms with Gasteiger partial charge in [0.05, 0.1) is 6.54 Å². The van der Waals surface area contributed by atoms with E-state index >= 15 is 0 Å². The van der Waals surface area contributed by atoms with E-state index in [9.17, 15) is 13.6 Å². The summed E-state index contributed by atoms with van der Waals surface area (Å²) >= 11 is 0. The highest BCUT2D eigenvalue weighted by Crippen LogP contribution is 2.26. The molecule has 0 aromatic carbocycles. The van der Waals surface area contributed by atoms with Crippen molar-refractivity contribution in [3.8, 4) is 0 Å². The smallest absolute Gasteiger partial charge is 0.250 e. The summed E-state index contributed by atoms with van der Waals surface area (Å²) in [5, 5.41) is 0. The van der Waals surface area contributed by atoms with Crippen LogP contribution in [0.5, 0.6) is 0 Å². The first-order valence-corrected chi connectivity index (χ1v) is 3.68. The van der Waals surface area contributed by atoms with Crippen LogP contribution in [0.2, 0.25) is 0 Å². The summed E-state index contributed by atoms with van der Waals surface area (Å²) in [5.41, 5.74) is 0. The maximum absolute atomic E-state index is 12.5. The number of likely N-dealkylation sites (tertiary alicyclic amines) is 1. The van der Waals surface area contributed by atoms with E-state index in [1.165, 1.54) is 0 Å². The molecule has 0 bridgehead atoms. The van der Waals surface area contributed by atoms with Gasteiger partial charge in [-0.1, -0.05) is 0 Å². The Morgan fingerprint density at radius 3 is 2.36 bits per heavy atom. The Bertz CT molecular complexity index is 139. The van der Waals surface area contributed by atoms with Crippen LogP contribution >= 0.6 is 0 Å². The van der Waals surface area contributed by atoms with Crippen LogP contribution in [0.15, 0.2) is 0 Å². The fraction of sp³-hybridized carbons (Fsp3) is 0.857. The van der Waals surface area contributed by atoms with Crippen LogP contribution in [0.4, 0.5) is 8.78 Å². The van der Waals surface area contributed by atoms with Crippen molar-refractivity contribution in [2.24, 2.45) is 0 Å². The quantitative estimate of drug-likeness (QED) is 0.564. The third kappa shape index (κ3) is 2.54.